The summed E-state index contributed by atoms with van der Waals surface area (Å²) in [5.41, 5.74) is 1.75. The molecule has 14 heavy (non-hydrogen) atoms. The summed E-state index contributed by atoms with van der Waals surface area (Å²) in [5, 5.41) is 0. The maximum absolute atomic E-state index is 11.3. The molecule has 0 fully saturated rings. The van der Waals surface area contributed by atoms with Crippen molar-refractivity contribution in [3.05, 3.63) is 36.2 Å². The highest BCUT2D eigenvalue weighted by atomic mass is 16.2. The van der Waals surface area contributed by atoms with Gasteiger partial charge in [0.05, 0.1) is 6.42 Å². The maximum atomic E-state index is 11.3. The van der Waals surface area contributed by atoms with E-state index in [0.29, 0.717) is 6.42 Å². The first-order chi connectivity index (χ1) is 6.63. The number of hydrogen-bond donors (Lipinski definition) is 0. The first kappa shape index (κ1) is 10.4. The number of carbonyl (C=O) groups excluding carboxylic acids is 1. The lowest BCUT2D eigenvalue weighted by Gasteiger charge is -2.09. The quantitative estimate of drug-likeness (QED) is 0.721. The van der Waals surface area contributed by atoms with Crippen LogP contribution < -0.4 is 0 Å². The van der Waals surface area contributed by atoms with Crippen molar-refractivity contribution in [1.82, 2.24) is 9.88 Å². The maximum Gasteiger partial charge on any atom is 0.228 e. The van der Waals surface area contributed by atoms with E-state index in [1.165, 1.54) is 0 Å². The molecule has 1 aromatic heterocycles. The molecule has 0 saturated carbocycles. The van der Waals surface area contributed by atoms with Crippen LogP contribution in [-0.2, 0) is 11.2 Å². The summed E-state index contributed by atoms with van der Waals surface area (Å²) in [4.78, 5) is 17.0. The predicted octanol–water partition coefficient (Wildman–Crippen LogP) is 1.36. The fraction of sp³-hybridized carbons (Fsp3) is 0.273. The third-order valence-electron chi connectivity index (χ3n) is 1.91. The monoisotopic (exact) mass is 190 g/mol. The fourth-order valence-corrected chi connectivity index (χ4v) is 0.974. The molecule has 1 amide bonds. The molecule has 0 aliphatic carbocycles. The Labute approximate surface area is 84.1 Å². The molecule has 0 unspecified atom stereocenters. The molecule has 3 nitrogen and oxygen atoms in total. The normalized spacial score (nSPS) is 9.57. The van der Waals surface area contributed by atoms with Crippen molar-refractivity contribution in [2.75, 3.05) is 14.1 Å². The molecular formula is C11H14N2O. The summed E-state index contributed by atoms with van der Waals surface area (Å²) >= 11 is 0. The van der Waals surface area contributed by atoms with Crippen molar-refractivity contribution in [1.29, 1.82) is 0 Å². The summed E-state index contributed by atoms with van der Waals surface area (Å²) in [6, 6.07) is 3.75. The Kier molecular flexibility index (Phi) is 3.40. The van der Waals surface area contributed by atoms with Crippen molar-refractivity contribution < 1.29 is 4.79 Å². The number of carbonyl (C=O) groups is 1. The molecule has 0 aliphatic heterocycles. The fourth-order valence-electron chi connectivity index (χ4n) is 0.974. The minimum absolute atomic E-state index is 0.0591. The van der Waals surface area contributed by atoms with Crippen molar-refractivity contribution in [3.8, 4) is 0 Å². The number of hydrogen-bond acceptors (Lipinski definition) is 2. The molecule has 0 atom stereocenters. The number of amides is 1. The number of rotatable bonds is 3. The molecule has 0 N–H and O–H groups in total. The minimum atomic E-state index is 0.0591. The second kappa shape index (κ2) is 4.56. The summed E-state index contributed by atoms with van der Waals surface area (Å²) in [7, 11) is 3.47. The Morgan fingerprint density at radius 2 is 2.29 bits per heavy atom. The molecule has 0 saturated heterocycles. The van der Waals surface area contributed by atoms with Gasteiger partial charge in [0, 0.05) is 26.0 Å². The van der Waals surface area contributed by atoms with Gasteiger partial charge in [-0.25, -0.2) is 0 Å². The zero-order valence-electron chi connectivity index (χ0n) is 8.53. The van der Waals surface area contributed by atoms with Gasteiger partial charge in [0.1, 0.15) is 0 Å². The van der Waals surface area contributed by atoms with Crippen LogP contribution in [0.5, 0.6) is 0 Å². The van der Waals surface area contributed by atoms with Crippen molar-refractivity contribution in [2.45, 2.75) is 6.42 Å². The van der Waals surface area contributed by atoms with Crippen molar-refractivity contribution in [3.63, 3.8) is 0 Å². The van der Waals surface area contributed by atoms with Crippen LogP contribution in [0.1, 0.15) is 11.3 Å². The molecule has 0 spiro atoms. The number of likely N-dealkylation sites (N-methyl/N-ethyl adjacent to an activating group) is 1. The lowest BCUT2D eigenvalue weighted by atomic mass is 10.2. The Balaban J connectivity index is 2.69. The molecule has 3 heteroatoms. The van der Waals surface area contributed by atoms with Crippen LogP contribution >= 0.6 is 0 Å². The number of aromatic nitrogens is 1. The molecule has 0 aromatic carbocycles. The van der Waals surface area contributed by atoms with Crippen LogP contribution in [0, 0.1) is 0 Å². The van der Waals surface area contributed by atoms with E-state index in [2.05, 4.69) is 11.6 Å². The van der Waals surface area contributed by atoms with Gasteiger partial charge in [-0.05, 0) is 11.6 Å². The Bertz CT molecular complexity index is 328. The summed E-state index contributed by atoms with van der Waals surface area (Å²) in [5.74, 6) is 0.0591. The Morgan fingerprint density at radius 3 is 2.71 bits per heavy atom. The van der Waals surface area contributed by atoms with Crippen molar-refractivity contribution >= 4 is 12.0 Å². The molecule has 1 aromatic rings. The van der Waals surface area contributed by atoms with E-state index >= 15 is 0 Å². The third-order valence-corrected chi connectivity index (χ3v) is 1.91. The van der Waals surface area contributed by atoms with Gasteiger partial charge in [0.15, 0.2) is 0 Å². The van der Waals surface area contributed by atoms with Gasteiger partial charge in [-0.2, -0.15) is 0 Å². The van der Waals surface area contributed by atoms with Gasteiger partial charge < -0.3 is 4.90 Å². The molecule has 0 bridgehead atoms. The second-order valence-electron chi connectivity index (χ2n) is 3.25. The molecule has 74 valence electrons. The van der Waals surface area contributed by atoms with Crippen LogP contribution in [0.25, 0.3) is 6.08 Å². The molecule has 1 rings (SSSR count). The van der Waals surface area contributed by atoms with E-state index in [9.17, 15) is 4.79 Å². The van der Waals surface area contributed by atoms with Gasteiger partial charge >= 0.3 is 0 Å². The molecule has 0 radical (unpaired) electrons. The third kappa shape index (κ3) is 2.69. The average molecular weight is 190 g/mol. The number of pyridine rings is 1. The van der Waals surface area contributed by atoms with Crippen LogP contribution in [-0.4, -0.2) is 29.9 Å². The highest BCUT2D eigenvalue weighted by Crippen LogP contribution is 2.02. The summed E-state index contributed by atoms with van der Waals surface area (Å²) < 4.78 is 0. The van der Waals surface area contributed by atoms with Gasteiger partial charge in [-0.1, -0.05) is 18.7 Å². The molecule has 0 aliphatic rings. The van der Waals surface area contributed by atoms with E-state index in [0.717, 1.165) is 11.3 Å². The van der Waals surface area contributed by atoms with E-state index in [-0.39, 0.29) is 5.91 Å². The molecule has 1 heterocycles. The van der Waals surface area contributed by atoms with Crippen LogP contribution in [0.3, 0.4) is 0 Å². The second-order valence-corrected chi connectivity index (χ2v) is 3.25. The lowest BCUT2D eigenvalue weighted by Crippen LogP contribution is -2.23. The average Bonchev–Trinajstić information content (AvgIpc) is 2.19. The van der Waals surface area contributed by atoms with Gasteiger partial charge in [-0.3, -0.25) is 9.78 Å². The Hall–Kier alpha value is -1.64. The van der Waals surface area contributed by atoms with E-state index in [4.69, 9.17) is 0 Å². The zero-order chi connectivity index (χ0) is 10.6. The van der Waals surface area contributed by atoms with E-state index in [1.807, 2.05) is 12.1 Å². The highest BCUT2D eigenvalue weighted by molar-refractivity contribution is 5.77. The minimum Gasteiger partial charge on any atom is -0.348 e. The zero-order valence-corrected chi connectivity index (χ0v) is 8.53. The van der Waals surface area contributed by atoms with E-state index in [1.54, 1.807) is 31.3 Å². The van der Waals surface area contributed by atoms with Crippen molar-refractivity contribution in [2.24, 2.45) is 0 Å². The Morgan fingerprint density at radius 1 is 1.57 bits per heavy atom. The lowest BCUT2D eigenvalue weighted by molar-refractivity contribution is -0.128. The summed E-state index contributed by atoms with van der Waals surface area (Å²) in [6.07, 6.45) is 3.79. The first-order valence-corrected chi connectivity index (χ1v) is 4.41. The van der Waals surface area contributed by atoms with Crippen LogP contribution in [0.2, 0.25) is 0 Å². The summed E-state index contributed by atoms with van der Waals surface area (Å²) in [6.45, 7) is 3.63. The smallest absolute Gasteiger partial charge is 0.228 e. The highest BCUT2D eigenvalue weighted by Gasteiger charge is 2.05. The predicted molar refractivity (Wildman–Crippen MR) is 56.7 cm³/mol. The SMILES string of the molecule is C=Cc1ccc(CC(=O)N(C)C)nc1. The van der Waals surface area contributed by atoms with E-state index < -0.39 is 0 Å². The van der Waals surface area contributed by atoms with Crippen LogP contribution in [0.4, 0.5) is 0 Å². The van der Waals surface area contributed by atoms with Gasteiger partial charge in [0.2, 0.25) is 5.91 Å². The largest absolute Gasteiger partial charge is 0.348 e. The van der Waals surface area contributed by atoms with Gasteiger partial charge in [0.25, 0.3) is 0 Å². The van der Waals surface area contributed by atoms with Gasteiger partial charge in [-0.15, -0.1) is 0 Å². The first-order valence-electron chi connectivity index (χ1n) is 4.41. The van der Waals surface area contributed by atoms with Crippen LogP contribution in [0.15, 0.2) is 24.9 Å². The standard InChI is InChI=1S/C11H14N2O/c1-4-9-5-6-10(12-8-9)7-11(14)13(2)3/h4-6,8H,1,7H2,2-3H3. The molecular weight excluding hydrogens is 176 g/mol. The number of nitrogens with zero attached hydrogens (tertiary/aromatic N) is 2. The topological polar surface area (TPSA) is 33.2 Å².